The zero-order valence-electron chi connectivity index (χ0n) is 10.8. The summed E-state index contributed by atoms with van der Waals surface area (Å²) in [6.45, 7) is 7.08. The third kappa shape index (κ3) is 3.17. The van der Waals surface area contributed by atoms with Crippen molar-refractivity contribution in [3.63, 3.8) is 0 Å². The molecule has 0 saturated carbocycles. The van der Waals surface area contributed by atoms with Crippen LogP contribution in [0.1, 0.15) is 26.6 Å². The Balaban J connectivity index is 2.26. The Labute approximate surface area is 116 Å². The summed E-state index contributed by atoms with van der Waals surface area (Å²) in [5, 5.41) is 7.70. The summed E-state index contributed by atoms with van der Waals surface area (Å²) in [7, 11) is 0. The van der Waals surface area contributed by atoms with E-state index in [0.717, 1.165) is 16.0 Å². The van der Waals surface area contributed by atoms with Gasteiger partial charge in [-0.15, -0.1) is 0 Å². The first-order valence-electron chi connectivity index (χ1n) is 5.86. The smallest absolute Gasteiger partial charge is 0.146 e. The van der Waals surface area contributed by atoms with Crippen LogP contribution in [0.5, 0.6) is 0 Å². The highest BCUT2D eigenvalue weighted by Gasteiger charge is 2.13. The lowest BCUT2D eigenvalue weighted by Gasteiger charge is -2.20. The predicted molar refractivity (Wildman–Crippen MR) is 75.7 cm³/mol. The van der Waals surface area contributed by atoms with Crippen molar-refractivity contribution >= 4 is 15.9 Å². The van der Waals surface area contributed by atoms with Gasteiger partial charge in [-0.1, -0.05) is 12.1 Å². The van der Waals surface area contributed by atoms with Crippen molar-refractivity contribution in [1.29, 1.82) is 0 Å². The molecule has 2 rings (SSSR count). The SMILES string of the molecule is CC(C)(C)NCc1ncnn1-c1ccccc1Br. The number of benzene rings is 1. The van der Waals surface area contributed by atoms with Gasteiger partial charge in [-0.3, -0.25) is 0 Å². The number of rotatable bonds is 3. The number of halogens is 1. The third-order valence-electron chi connectivity index (χ3n) is 2.48. The minimum absolute atomic E-state index is 0.0602. The van der Waals surface area contributed by atoms with Crippen LogP contribution < -0.4 is 5.32 Å². The molecule has 5 heteroatoms. The molecule has 1 heterocycles. The Kier molecular flexibility index (Phi) is 3.82. The van der Waals surface area contributed by atoms with Gasteiger partial charge in [0, 0.05) is 10.0 Å². The molecule has 1 aromatic carbocycles. The van der Waals surface area contributed by atoms with E-state index >= 15 is 0 Å². The minimum atomic E-state index is 0.0602. The zero-order chi connectivity index (χ0) is 13.2. The van der Waals surface area contributed by atoms with Crippen LogP contribution >= 0.6 is 15.9 Å². The molecule has 0 saturated heterocycles. The lowest BCUT2D eigenvalue weighted by atomic mass is 10.1. The van der Waals surface area contributed by atoms with Crippen molar-refractivity contribution in [2.75, 3.05) is 0 Å². The molecule has 0 unspecified atom stereocenters. The van der Waals surface area contributed by atoms with E-state index in [1.165, 1.54) is 0 Å². The van der Waals surface area contributed by atoms with Crippen molar-refractivity contribution in [3.05, 3.63) is 40.9 Å². The fourth-order valence-corrected chi connectivity index (χ4v) is 2.01. The summed E-state index contributed by atoms with van der Waals surface area (Å²) >= 11 is 3.53. The summed E-state index contributed by atoms with van der Waals surface area (Å²) in [6, 6.07) is 7.98. The Hall–Kier alpha value is -1.20. The molecule has 2 aromatic rings. The molecular formula is C13H17BrN4. The summed E-state index contributed by atoms with van der Waals surface area (Å²) < 4.78 is 2.86. The fourth-order valence-electron chi connectivity index (χ4n) is 1.55. The maximum absolute atomic E-state index is 4.31. The number of aromatic nitrogens is 3. The van der Waals surface area contributed by atoms with Gasteiger partial charge < -0.3 is 5.32 Å². The maximum atomic E-state index is 4.31. The van der Waals surface area contributed by atoms with Gasteiger partial charge in [0.2, 0.25) is 0 Å². The lowest BCUT2D eigenvalue weighted by molar-refractivity contribution is 0.415. The van der Waals surface area contributed by atoms with Gasteiger partial charge in [0.05, 0.1) is 12.2 Å². The number of nitrogens with zero attached hydrogens (tertiary/aromatic N) is 3. The van der Waals surface area contributed by atoms with Gasteiger partial charge in [0.25, 0.3) is 0 Å². The minimum Gasteiger partial charge on any atom is -0.305 e. The normalized spacial score (nSPS) is 11.8. The van der Waals surface area contributed by atoms with Gasteiger partial charge in [-0.2, -0.15) is 5.10 Å². The molecule has 18 heavy (non-hydrogen) atoms. The van der Waals surface area contributed by atoms with Gasteiger partial charge in [-0.25, -0.2) is 9.67 Å². The summed E-state index contributed by atoms with van der Waals surface area (Å²) in [5.41, 5.74) is 1.06. The van der Waals surface area contributed by atoms with Crippen LogP contribution in [0.15, 0.2) is 35.1 Å². The number of nitrogens with one attached hydrogen (secondary N) is 1. The van der Waals surface area contributed by atoms with Crippen LogP contribution in [-0.4, -0.2) is 20.3 Å². The maximum Gasteiger partial charge on any atom is 0.146 e. The standard InChI is InChI=1S/C13H17BrN4/c1-13(2,3)16-8-12-15-9-17-18(12)11-7-5-4-6-10(11)14/h4-7,9,16H,8H2,1-3H3. The average molecular weight is 309 g/mol. The van der Waals surface area contributed by atoms with Crippen molar-refractivity contribution in [2.24, 2.45) is 0 Å². The lowest BCUT2D eigenvalue weighted by Crippen LogP contribution is -2.35. The molecular weight excluding hydrogens is 292 g/mol. The van der Waals surface area contributed by atoms with Crippen molar-refractivity contribution in [2.45, 2.75) is 32.9 Å². The van der Waals surface area contributed by atoms with E-state index in [-0.39, 0.29) is 5.54 Å². The summed E-state index contributed by atoms with van der Waals surface area (Å²) in [6.07, 6.45) is 1.58. The van der Waals surface area contributed by atoms with Gasteiger partial charge in [0.1, 0.15) is 12.2 Å². The highest BCUT2D eigenvalue weighted by molar-refractivity contribution is 9.10. The van der Waals surface area contributed by atoms with Gasteiger partial charge in [-0.05, 0) is 48.8 Å². The first-order chi connectivity index (χ1) is 8.47. The Bertz CT molecular complexity index is 528. The molecule has 0 spiro atoms. The molecule has 0 bridgehead atoms. The predicted octanol–water partition coefficient (Wildman–Crippen LogP) is 2.92. The molecule has 0 fully saturated rings. The molecule has 1 N–H and O–H groups in total. The highest BCUT2D eigenvalue weighted by Crippen LogP contribution is 2.20. The fraction of sp³-hybridized carbons (Fsp3) is 0.385. The van der Waals surface area contributed by atoms with E-state index < -0.39 is 0 Å². The van der Waals surface area contributed by atoms with E-state index in [4.69, 9.17) is 0 Å². The zero-order valence-corrected chi connectivity index (χ0v) is 12.4. The van der Waals surface area contributed by atoms with E-state index in [1.54, 1.807) is 6.33 Å². The topological polar surface area (TPSA) is 42.7 Å². The monoisotopic (exact) mass is 308 g/mol. The molecule has 0 aliphatic rings. The van der Waals surface area contributed by atoms with Crippen molar-refractivity contribution < 1.29 is 0 Å². The van der Waals surface area contributed by atoms with Crippen LogP contribution in [0.3, 0.4) is 0 Å². The molecule has 0 aliphatic carbocycles. The largest absolute Gasteiger partial charge is 0.305 e. The molecule has 96 valence electrons. The van der Waals surface area contributed by atoms with Gasteiger partial charge >= 0.3 is 0 Å². The Morgan fingerprint density at radius 3 is 2.67 bits per heavy atom. The van der Waals surface area contributed by atoms with Crippen LogP contribution in [-0.2, 0) is 6.54 Å². The third-order valence-corrected chi connectivity index (χ3v) is 3.15. The molecule has 0 atom stereocenters. The molecule has 4 nitrogen and oxygen atoms in total. The van der Waals surface area contributed by atoms with Crippen molar-refractivity contribution in [1.82, 2.24) is 20.1 Å². The number of para-hydroxylation sites is 1. The van der Waals surface area contributed by atoms with E-state index in [2.05, 4.69) is 52.1 Å². The van der Waals surface area contributed by atoms with Crippen LogP contribution in [0.2, 0.25) is 0 Å². The summed E-state index contributed by atoms with van der Waals surface area (Å²) in [5.74, 6) is 0.900. The number of hydrogen-bond acceptors (Lipinski definition) is 3. The quantitative estimate of drug-likeness (QED) is 0.948. The van der Waals surface area contributed by atoms with Crippen LogP contribution in [0.25, 0.3) is 5.69 Å². The Morgan fingerprint density at radius 1 is 1.28 bits per heavy atom. The molecule has 0 amide bonds. The first kappa shape index (κ1) is 13.2. The Morgan fingerprint density at radius 2 is 2.00 bits per heavy atom. The van der Waals surface area contributed by atoms with E-state index in [1.807, 2.05) is 28.9 Å². The van der Waals surface area contributed by atoms with Crippen LogP contribution in [0, 0.1) is 0 Å². The van der Waals surface area contributed by atoms with E-state index in [9.17, 15) is 0 Å². The second-order valence-electron chi connectivity index (χ2n) is 5.14. The number of hydrogen-bond donors (Lipinski definition) is 1. The second-order valence-corrected chi connectivity index (χ2v) is 6.00. The summed E-state index contributed by atoms with van der Waals surface area (Å²) in [4.78, 5) is 4.31. The van der Waals surface area contributed by atoms with Crippen molar-refractivity contribution in [3.8, 4) is 5.69 Å². The highest BCUT2D eigenvalue weighted by atomic mass is 79.9. The first-order valence-corrected chi connectivity index (χ1v) is 6.65. The van der Waals surface area contributed by atoms with Gasteiger partial charge in [0.15, 0.2) is 0 Å². The average Bonchev–Trinajstić information content (AvgIpc) is 2.74. The molecule has 0 radical (unpaired) electrons. The second kappa shape index (κ2) is 5.20. The molecule has 0 aliphatic heterocycles. The van der Waals surface area contributed by atoms with E-state index in [0.29, 0.717) is 6.54 Å². The molecule has 1 aromatic heterocycles. The van der Waals surface area contributed by atoms with Crippen LogP contribution in [0.4, 0.5) is 0 Å².